The van der Waals surface area contributed by atoms with Crippen LogP contribution in [0.2, 0.25) is 0 Å². The van der Waals surface area contributed by atoms with Crippen LogP contribution in [0.1, 0.15) is 44.4 Å². The summed E-state index contributed by atoms with van der Waals surface area (Å²) >= 11 is 0. The second-order valence-corrected chi connectivity index (χ2v) is 11.3. The van der Waals surface area contributed by atoms with Crippen molar-refractivity contribution in [1.82, 2.24) is 0 Å². The average Bonchev–Trinajstić information content (AvgIpc) is 3.07. The number of Topliss-reactive ketones (excluding diaryl/α,β-unsaturated/α-hetero) is 1. The highest BCUT2D eigenvalue weighted by Crippen LogP contribution is 2.30. The molecule has 49 heavy (non-hydrogen) atoms. The van der Waals surface area contributed by atoms with Crippen LogP contribution in [0, 0.1) is 0 Å². The quantitative estimate of drug-likeness (QED) is 0.140. The van der Waals surface area contributed by atoms with Gasteiger partial charge >= 0.3 is 23.9 Å². The lowest BCUT2D eigenvalue weighted by Gasteiger charge is -2.44. The van der Waals surface area contributed by atoms with Gasteiger partial charge in [0.15, 0.2) is 30.4 Å². The van der Waals surface area contributed by atoms with E-state index in [2.05, 4.69) is 0 Å². The topological polar surface area (TPSA) is 153 Å². The van der Waals surface area contributed by atoms with Crippen molar-refractivity contribution < 1.29 is 52.4 Å². The van der Waals surface area contributed by atoms with Crippen molar-refractivity contribution in [2.45, 2.75) is 70.9 Å². The van der Waals surface area contributed by atoms with Gasteiger partial charge in [0.25, 0.3) is 0 Å². The van der Waals surface area contributed by atoms with Crippen LogP contribution in [-0.2, 0) is 58.8 Å². The zero-order valence-corrected chi connectivity index (χ0v) is 27.7. The standard InChI is InChI=1S/C37H39NO11/c1-23(39)44-22-32-34(46-24(2)40)35(47-25(3)41)36(48-26(4)42)37(49-32)45-21-30(31(43)20-27-14-8-5-9-15-27)38-33(28-16-10-6-11-17-28)29-18-12-7-13-19-29/h5-19,30,32,34-37H,20-22H2,1-4H3/t30-,32+,34+,35-,36+,37-/m0/s1. The fourth-order valence-electron chi connectivity index (χ4n) is 5.29. The second-order valence-electron chi connectivity index (χ2n) is 11.3. The molecular formula is C37H39NO11. The lowest BCUT2D eigenvalue weighted by Crippen LogP contribution is -2.63. The van der Waals surface area contributed by atoms with Crippen molar-refractivity contribution >= 4 is 35.4 Å². The first-order valence-corrected chi connectivity index (χ1v) is 15.7. The summed E-state index contributed by atoms with van der Waals surface area (Å²) in [5.74, 6) is -3.23. The second kappa shape index (κ2) is 17.8. The van der Waals surface area contributed by atoms with Crippen molar-refractivity contribution in [3.05, 3.63) is 108 Å². The first kappa shape index (κ1) is 36.6. The van der Waals surface area contributed by atoms with Crippen LogP contribution in [0.4, 0.5) is 0 Å². The van der Waals surface area contributed by atoms with Crippen LogP contribution in [0.5, 0.6) is 0 Å². The largest absolute Gasteiger partial charge is 0.463 e. The number of rotatable bonds is 14. The summed E-state index contributed by atoms with van der Waals surface area (Å²) < 4.78 is 33.9. The number of hydrogen-bond acceptors (Lipinski definition) is 12. The van der Waals surface area contributed by atoms with Gasteiger partial charge in [0.1, 0.15) is 18.8 Å². The van der Waals surface area contributed by atoms with E-state index in [9.17, 15) is 24.0 Å². The van der Waals surface area contributed by atoms with Gasteiger partial charge in [-0.15, -0.1) is 0 Å². The Kier molecular flexibility index (Phi) is 13.3. The summed E-state index contributed by atoms with van der Waals surface area (Å²) in [6, 6.07) is 26.8. The number of hydrogen-bond donors (Lipinski definition) is 0. The lowest BCUT2D eigenvalue weighted by atomic mass is 9.98. The van der Waals surface area contributed by atoms with Gasteiger partial charge in [0.05, 0.1) is 12.3 Å². The van der Waals surface area contributed by atoms with E-state index in [1.165, 1.54) is 6.92 Å². The molecule has 6 atom stereocenters. The van der Waals surface area contributed by atoms with Gasteiger partial charge in [0.2, 0.25) is 0 Å². The summed E-state index contributed by atoms with van der Waals surface area (Å²) in [7, 11) is 0. The summed E-state index contributed by atoms with van der Waals surface area (Å²) in [6.07, 6.45) is -6.86. The molecule has 3 aromatic rings. The number of nitrogens with zero attached hydrogens (tertiary/aromatic N) is 1. The Labute approximate surface area is 284 Å². The summed E-state index contributed by atoms with van der Waals surface area (Å²) in [4.78, 5) is 67.3. The number of esters is 4. The van der Waals surface area contributed by atoms with Crippen LogP contribution < -0.4 is 0 Å². The van der Waals surface area contributed by atoms with Gasteiger partial charge in [-0.2, -0.15) is 0 Å². The van der Waals surface area contributed by atoms with E-state index in [-0.39, 0.29) is 18.8 Å². The molecule has 0 spiro atoms. The van der Waals surface area contributed by atoms with E-state index >= 15 is 0 Å². The predicted molar refractivity (Wildman–Crippen MR) is 175 cm³/mol. The summed E-state index contributed by atoms with van der Waals surface area (Å²) in [5.41, 5.74) is 2.83. The van der Waals surface area contributed by atoms with E-state index in [1.807, 2.05) is 91.0 Å². The first-order valence-electron chi connectivity index (χ1n) is 15.7. The molecule has 1 fully saturated rings. The van der Waals surface area contributed by atoms with Gasteiger partial charge in [-0.05, 0) is 5.56 Å². The predicted octanol–water partition coefficient (Wildman–Crippen LogP) is 3.80. The maximum absolute atomic E-state index is 14.0. The molecule has 0 saturated carbocycles. The Hall–Kier alpha value is -5.20. The third-order valence-electron chi connectivity index (χ3n) is 7.34. The highest BCUT2D eigenvalue weighted by Gasteiger charge is 2.53. The average molecular weight is 674 g/mol. The Morgan fingerprint density at radius 2 is 1.14 bits per heavy atom. The third kappa shape index (κ3) is 10.9. The summed E-state index contributed by atoms with van der Waals surface area (Å²) in [6.45, 7) is 3.80. The molecule has 1 heterocycles. The lowest BCUT2D eigenvalue weighted by molar-refractivity contribution is -0.308. The molecule has 258 valence electrons. The molecule has 12 heteroatoms. The first-order chi connectivity index (χ1) is 23.5. The molecule has 1 aliphatic heterocycles. The zero-order valence-electron chi connectivity index (χ0n) is 27.7. The molecule has 0 N–H and O–H groups in total. The van der Waals surface area contributed by atoms with Crippen molar-refractivity contribution in [1.29, 1.82) is 0 Å². The fourth-order valence-corrected chi connectivity index (χ4v) is 5.29. The highest BCUT2D eigenvalue weighted by molar-refractivity contribution is 6.13. The number of carbonyl (C=O) groups excluding carboxylic acids is 5. The molecule has 1 saturated heterocycles. The zero-order chi connectivity index (χ0) is 35.3. The molecular weight excluding hydrogens is 634 g/mol. The van der Waals surface area contributed by atoms with Gasteiger partial charge in [0, 0.05) is 45.2 Å². The van der Waals surface area contributed by atoms with Crippen molar-refractivity contribution in [2.24, 2.45) is 4.99 Å². The van der Waals surface area contributed by atoms with E-state index < -0.39 is 67.2 Å². The normalized spacial score (nSPS) is 20.6. The minimum absolute atomic E-state index is 0.0355. The monoisotopic (exact) mass is 673 g/mol. The number of ether oxygens (including phenoxy) is 6. The molecule has 0 aliphatic carbocycles. The minimum atomic E-state index is -1.47. The SMILES string of the molecule is CC(=O)OC[C@H]1O[C@H](OC[C@H](N=C(c2ccccc2)c2ccccc2)C(=O)Cc2ccccc2)[C@H](OC(C)=O)[C@@H](OC(C)=O)[C@@H]1OC(C)=O. The molecule has 4 rings (SSSR count). The molecule has 0 bridgehead atoms. The smallest absolute Gasteiger partial charge is 0.303 e. The van der Waals surface area contributed by atoms with E-state index in [0.29, 0.717) is 5.71 Å². The van der Waals surface area contributed by atoms with Crippen LogP contribution >= 0.6 is 0 Å². The van der Waals surface area contributed by atoms with Gasteiger partial charge < -0.3 is 28.4 Å². The van der Waals surface area contributed by atoms with Gasteiger partial charge in [-0.3, -0.25) is 29.0 Å². The maximum atomic E-state index is 14.0. The van der Waals surface area contributed by atoms with Crippen LogP contribution in [0.3, 0.4) is 0 Å². The van der Waals surface area contributed by atoms with Crippen LogP contribution in [-0.4, -0.2) is 85.3 Å². The number of ketones is 1. The minimum Gasteiger partial charge on any atom is -0.463 e. The molecule has 0 amide bonds. The number of benzene rings is 3. The highest BCUT2D eigenvalue weighted by atomic mass is 16.7. The Morgan fingerprint density at radius 1 is 0.653 bits per heavy atom. The third-order valence-corrected chi connectivity index (χ3v) is 7.34. The summed E-state index contributed by atoms with van der Waals surface area (Å²) in [5, 5.41) is 0. The Balaban J connectivity index is 1.75. The molecule has 0 unspecified atom stereocenters. The Bertz CT molecular complexity index is 1570. The number of carbonyl (C=O) groups is 5. The number of aliphatic imine (C=N–C) groups is 1. The van der Waals surface area contributed by atoms with E-state index in [4.69, 9.17) is 33.4 Å². The molecule has 3 aromatic carbocycles. The van der Waals surface area contributed by atoms with Gasteiger partial charge in [-0.25, -0.2) is 0 Å². The molecule has 1 aliphatic rings. The molecule has 0 aromatic heterocycles. The fraction of sp³-hybridized carbons (Fsp3) is 0.351. The van der Waals surface area contributed by atoms with Crippen LogP contribution in [0.15, 0.2) is 96.0 Å². The van der Waals surface area contributed by atoms with E-state index in [0.717, 1.165) is 37.5 Å². The van der Waals surface area contributed by atoms with Crippen molar-refractivity contribution in [3.63, 3.8) is 0 Å². The Morgan fingerprint density at radius 3 is 1.65 bits per heavy atom. The molecule has 0 radical (unpaired) electrons. The van der Waals surface area contributed by atoms with Crippen molar-refractivity contribution in [2.75, 3.05) is 13.2 Å². The van der Waals surface area contributed by atoms with Crippen molar-refractivity contribution in [3.8, 4) is 0 Å². The maximum Gasteiger partial charge on any atom is 0.303 e. The van der Waals surface area contributed by atoms with Crippen LogP contribution in [0.25, 0.3) is 0 Å². The molecule has 12 nitrogen and oxygen atoms in total. The van der Waals surface area contributed by atoms with Gasteiger partial charge in [-0.1, -0.05) is 91.0 Å². The van der Waals surface area contributed by atoms with E-state index in [1.54, 1.807) is 0 Å².